The molecule has 102 valence electrons. The van der Waals surface area contributed by atoms with E-state index in [-0.39, 0.29) is 5.82 Å². The van der Waals surface area contributed by atoms with Crippen molar-refractivity contribution in [1.29, 1.82) is 0 Å². The van der Waals surface area contributed by atoms with E-state index >= 15 is 0 Å². The molecule has 0 heterocycles. The van der Waals surface area contributed by atoms with Crippen LogP contribution in [0.4, 0.5) is 4.39 Å². The fourth-order valence-corrected chi connectivity index (χ4v) is 2.60. The SMILES string of the molecule is CCCNC(CCC(C)C)c1ccc(F)cc1Br. The van der Waals surface area contributed by atoms with Gasteiger partial charge >= 0.3 is 0 Å². The highest BCUT2D eigenvalue weighted by atomic mass is 79.9. The molecule has 1 atom stereocenters. The summed E-state index contributed by atoms with van der Waals surface area (Å²) in [6, 6.07) is 5.27. The Morgan fingerprint density at radius 3 is 2.56 bits per heavy atom. The van der Waals surface area contributed by atoms with Crippen LogP contribution in [0.25, 0.3) is 0 Å². The minimum Gasteiger partial charge on any atom is -0.310 e. The molecule has 1 rings (SSSR count). The van der Waals surface area contributed by atoms with E-state index in [1.807, 2.05) is 6.07 Å². The third-order valence-electron chi connectivity index (χ3n) is 3.01. The van der Waals surface area contributed by atoms with Gasteiger partial charge in [0.15, 0.2) is 0 Å². The molecule has 1 nitrogen and oxygen atoms in total. The minimum atomic E-state index is -0.191. The normalized spacial score (nSPS) is 13.0. The molecule has 1 aromatic rings. The summed E-state index contributed by atoms with van der Waals surface area (Å²) in [5.41, 5.74) is 1.16. The second-order valence-corrected chi connectivity index (χ2v) is 6.00. The monoisotopic (exact) mass is 315 g/mol. The first-order valence-corrected chi connectivity index (χ1v) is 7.52. The lowest BCUT2D eigenvalue weighted by atomic mass is 9.97. The highest BCUT2D eigenvalue weighted by molar-refractivity contribution is 9.10. The molecule has 3 heteroatoms. The molecule has 0 bridgehead atoms. The van der Waals surface area contributed by atoms with Crippen LogP contribution in [0.2, 0.25) is 0 Å². The maximum atomic E-state index is 13.1. The number of benzene rings is 1. The molecule has 0 aliphatic heterocycles. The van der Waals surface area contributed by atoms with Crippen LogP contribution in [0.15, 0.2) is 22.7 Å². The summed E-state index contributed by atoms with van der Waals surface area (Å²) >= 11 is 3.47. The Morgan fingerprint density at radius 1 is 1.28 bits per heavy atom. The van der Waals surface area contributed by atoms with Crippen molar-refractivity contribution >= 4 is 15.9 Å². The lowest BCUT2D eigenvalue weighted by Crippen LogP contribution is -2.23. The van der Waals surface area contributed by atoms with Crippen molar-refractivity contribution in [2.24, 2.45) is 5.92 Å². The van der Waals surface area contributed by atoms with Crippen molar-refractivity contribution in [2.45, 2.75) is 46.1 Å². The smallest absolute Gasteiger partial charge is 0.124 e. The zero-order chi connectivity index (χ0) is 13.5. The summed E-state index contributed by atoms with van der Waals surface area (Å²) in [5.74, 6) is 0.499. The van der Waals surface area contributed by atoms with E-state index in [1.165, 1.54) is 12.5 Å². The van der Waals surface area contributed by atoms with Gasteiger partial charge in [-0.3, -0.25) is 0 Å². The van der Waals surface area contributed by atoms with E-state index in [0.717, 1.165) is 29.4 Å². The van der Waals surface area contributed by atoms with Gasteiger partial charge in [-0.2, -0.15) is 0 Å². The van der Waals surface area contributed by atoms with Gasteiger partial charge in [0.05, 0.1) is 0 Å². The summed E-state index contributed by atoms with van der Waals surface area (Å²) < 4.78 is 14.0. The summed E-state index contributed by atoms with van der Waals surface area (Å²) in [4.78, 5) is 0. The number of hydrogen-bond donors (Lipinski definition) is 1. The van der Waals surface area contributed by atoms with Crippen LogP contribution >= 0.6 is 15.9 Å². The van der Waals surface area contributed by atoms with Crippen molar-refractivity contribution in [1.82, 2.24) is 5.32 Å². The Bertz CT molecular complexity index is 366. The van der Waals surface area contributed by atoms with Crippen molar-refractivity contribution in [3.05, 3.63) is 34.1 Å². The molecular weight excluding hydrogens is 293 g/mol. The molecule has 1 aromatic carbocycles. The van der Waals surface area contributed by atoms with Crippen LogP contribution in [-0.2, 0) is 0 Å². The van der Waals surface area contributed by atoms with Crippen LogP contribution in [0.1, 0.15) is 51.6 Å². The maximum absolute atomic E-state index is 13.1. The first kappa shape index (κ1) is 15.6. The molecule has 0 amide bonds. The molecular formula is C15H23BrFN. The van der Waals surface area contributed by atoms with Gasteiger partial charge in [-0.15, -0.1) is 0 Å². The molecule has 0 aliphatic rings. The van der Waals surface area contributed by atoms with E-state index < -0.39 is 0 Å². The Kier molecular flexibility index (Phi) is 6.87. The summed E-state index contributed by atoms with van der Waals surface area (Å²) in [6.45, 7) is 7.62. The van der Waals surface area contributed by atoms with Crippen molar-refractivity contribution in [3.8, 4) is 0 Å². The molecule has 0 aliphatic carbocycles. The predicted molar refractivity (Wildman–Crippen MR) is 79.2 cm³/mol. The molecule has 18 heavy (non-hydrogen) atoms. The summed E-state index contributed by atoms with van der Waals surface area (Å²) in [7, 11) is 0. The van der Waals surface area contributed by atoms with Crippen LogP contribution in [0, 0.1) is 11.7 Å². The number of hydrogen-bond acceptors (Lipinski definition) is 1. The third-order valence-corrected chi connectivity index (χ3v) is 3.70. The molecule has 0 saturated carbocycles. The van der Waals surface area contributed by atoms with Crippen molar-refractivity contribution < 1.29 is 4.39 Å². The molecule has 1 N–H and O–H groups in total. The molecule has 1 unspecified atom stereocenters. The van der Waals surface area contributed by atoms with Gasteiger partial charge in [0, 0.05) is 10.5 Å². The van der Waals surface area contributed by atoms with Crippen LogP contribution in [0.5, 0.6) is 0 Å². The van der Waals surface area contributed by atoms with Crippen molar-refractivity contribution in [3.63, 3.8) is 0 Å². The van der Waals surface area contributed by atoms with E-state index in [0.29, 0.717) is 12.0 Å². The Hall–Kier alpha value is -0.410. The third kappa shape index (κ3) is 5.07. The average molecular weight is 316 g/mol. The van der Waals surface area contributed by atoms with Gasteiger partial charge in [0.25, 0.3) is 0 Å². The van der Waals surface area contributed by atoms with E-state index in [4.69, 9.17) is 0 Å². The Balaban J connectivity index is 2.79. The Morgan fingerprint density at radius 2 is 2.00 bits per heavy atom. The summed E-state index contributed by atoms with van der Waals surface area (Å²) in [6.07, 6.45) is 3.37. The first-order valence-electron chi connectivity index (χ1n) is 6.73. The second kappa shape index (κ2) is 7.90. The predicted octanol–water partition coefficient (Wildman–Crippen LogP) is 5.07. The van der Waals surface area contributed by atoms with Gasteiger partial charge in [0.1, 0.15) is 5.82 Å². The average Bonchev–Trinajstić information content (AvgIpc) is 2.30. The highest BCUT2D eigenvalue weighted by Crippen LogP contribution is 2.28. The Labute approximate surface area is 118 Å². The largest absolute Gasteiger partial charge is 0.310 e. The van der Waals surface area contributed by atoms with Gasteiger partial charge in [-0.05, 0) is 49.4 Å². The van der Waals surface area contributed by atoms with Gasteiger partial charge < -0.3 is 5.32 Å². The number of rotatable bonds is 7. The molecule has 0 aromatic heterocycles. The van der Waals surface area contributed by atoms with Crippen LogP contribution < -0.4 is 5.32 Å². The standard InChI is InChI=1S/C15H23BrFN/c1-4-9-18-15(8-5-11(2)3)13-7-6-12(17)10-14(13)16/h6-7,10-11,15,18H,4-5,8-9H2,1-3H3. The quantitative estimate of drug-likeness (QED) is 0.741. The lowest BCUT2D eigenvalue weighted by molar-refractivity contribution is 0.439. The van der Waals surface area contributed by atoms with E-state index in [9.17, 15) is 4.39 Å². The topological polar surface area (TPSA) is 12.0 Å². The van der Waals surface area contributed by atoms with Crippen LogP contribution in [0.3, 0.4) is 0 Å². The molecule has 0 saturated heterocycles. The molecule has 0 fully saturated rings. The highest BCUT2D eigenvalue weighted by Gasteiger charge is 2.14. The van der Waals surface area contributed by atoms with Gasteiger partial charge in [-0.1, -0.05) is 42.8 Å². The summed E-state index contributed by atoms with van der Waals surface area (Å²) in [5, 5.41) is 3.55. The van der Waals surface area contributed by atoms with Gasteiger partial charge in [-0.25, -0.2) is 4.39 Å². The minimum absolute atomic E-state index is 0.191. The van der Waals surface area contributed by atoms with Crippen LogP contribution in [-0.4, -0.2) is 6.54 Å². The van der Waals surface area contributed by atoms with Gasteiger partial charge in [0.2, 0.25) is 0 Å². The maximum Gasteiger partial charge on any atom is 0.124 e. The number of nitrogens with one attached hydrogen (secondary N) is 1. The molecule has 0 radical (unpaired) electrons. The number of halogens is 2. The lowest BCUT2D eigenvalue weighted by Gasteiger charge is -2.21. The fourth-order valence-electron chi connectivity index (χ4n) is 1.97. The second-order valence-electron chi connectivity index (χ2n) is 5.14. The first-order chi connectivity index (χ1) is 8.54. The van der Waals surface area contributed by atoms with E-state index in [1.54, 1.807) is 6.07 Å². The van der Waals surface area contributed by atoms with Crippen molar-refractivity contribution in [2.75, 3.05) is 6.54 Å². The zero-order valence-corrected chi connectivity index (χ0v) is 13.1. The fraction of sp³-hybridized carbons (Fsp3) is 0.600. The zero-order valence-electron chi connectivity index (χ0n) is 11.5. The van der Waals surface area contributed by atoms with E-state index in [2.05, 4.69) is 42.0 Å². The molecule has 0 spiro atoms.